The van der Waals surface area contributed by atoms with E-state index in [2.05, 4.69) is 5.32 Å². The Labute approximate surface area is 127 Å². The average Bonchev–Trinajstić information content (AvgIpc) is 2.94. The molecule has 5 nitrogen and oxygen atoms in total. The molecule has 0 atom stereocenters. The second kappa shape index (κ2) is 6.01. The first kappa shape index (κ1) is 15.8. The van der Waals surface area contributed by atoms with Gasteiger partial charge in [0.2, 0.25) is 5.91 Å². The molecule has 0 aliphatic heterocycles. The normalized spacial score (nSPS) is 11.2. The summed E-state index contributed by atoms with van der Waals surface area (Å²) in [7, 11) is 0. The lowest BCUT2D eigenvalue weighted by Gasteiger charge is -2.24. The minimum absolute atomic E-state index is 0.0436. The molecule has 1 aromatic heterocycles. The first-order chi connectivity index (χ1) is 10.3. The molecule has 22 heavy (non-hydrogen) atoms. The van der Waals surface area contributed by atoms with Gasteiger partial charge in [0.25, 0.3) is 5.91 Å². The molecule has 0 saturated heterocycles. The summed E-state index contributed by atoms with van der Waals surface area (Å²) in [6.45, 7) is 3.62. The molecule has 1 aromatic carbocycles. The van der Waals surface area contributed by atoms with Crippen LogP contribution in [0.4, 0.5) is 4.39 Å². The number of nitrogens with one attached hydrogen (secondary N) is 1. The molecule has 0 radical (unpaired) electrons. The third kappa shape index (κ3) is 3.33. The van der Waals surface area contributed by atoms with Gasteiger partial charge in [-0.2, -0.15) is 0 Å². The lowest BCUT2D eigenvalue weighted by atomic mass is 9.83. The molecule has 2 rings (SSSR count). The Kier molecular flexibility index (Phi) is 4.30. The number of hydrogen-bond acceptors (Lipinski definition) is 3. The van der Waals surface area contributed by atoms with Crippen LogP contribution in [0.1, 0.15) is 35.7 Å². The molecule has 0 spiro atoms. The van der Waals surface area contributed by atoms with Gasteiger partial charge >= 0.3 is 0 Å². The smallest absolute Gasteiger partial charge is 0.284 e. The van der Waals surface area contributed by atoms with Crippen molar-refractivity contribution in [1.82, 2.24) is 5.32 Å². The standard InChI is InChI=1S/C16H17FN2O3/c1-16(2,10-3-5-11(17)6-4-10)15(21)19-9-12-7-8-13(22-12)14(18)20/h3-8H,9H2,1-2H3,(H2,18,20)(H,19,21). The van der Waals surface area contributed by atoms with Crippen molar-refractivity contribution in [3.63, 3.8) is 0 Å². The number of primary amides is 1. The van der Waals surface area contributed by atoms with Crippen LogP contribution in [-0.4, -0.2) is 11.8 Å². The van der Waals surface area contributed by atoms with Gasteiger partial charge in [-0.1, -0.05) is 12.1 Å². The molecule has 2 amide bonds. The maximum Gasteiger partial charge on any atom is 0.284 e. The predicted molar refractivity (Wildman–Crippen MR) is 78.5 cm³/mol. The fourth-order valence-electron chi connectivity index (χ4n) is 1.99. The van der Waals surface area contributed by atoms with E-state index in [-0.39, 0.29) is 24.0 Å². The minimum atomic E-state index is -0.827. The number of nitrogens with two attached hydrogens (primary N) is 1. The average molecular weight is 304 g/mol. The number of hydrogen-bond donors (Lipinski definition) is 2. The Morgan fingerprint density at radius 1 is 1.18 bits per heavy atom. The molecule has 116 valence electrons. The fourth-order valence-corrected chi connectivity index (χ4v) is 1.99. The topological polar surface area (TPSA) is 85.3 Å². The summed E-state index contributed by atoms with van der Waals surface area (Å²) < 4.78 is 18.2. The van der Waals surface area contributed by atoms with Crippen molar-refractivity contribution in [3.8, 4) is 0 Å². The van der Waals surface area contributed by atoms with Crippen LogP contribution in [0.3, 0.4) is 0 Å². The van der Waals surface area contributed by atoms with Gasteiger partial charge < -0.3 is 15.5 Å². The summed E-state index contributed by atoms with van der Waals surface area (Å²) in [5, 5.41) is 2.73. The molecule has 6 heteroatoms. The second-order valence-corrected chi connectivity index (χ2v) is 5.44. The highest BCUT2D eigenvalue weighted by atomic mass is 19.1. The van der Waals surface area contributed by atoms with Gasteiger partial charge in [0.05, 0.1) is 12.0 Å². The lowest BCUT2D eigenvalue weighted by molar-refractivity contribution is -0.125. The zero-order chi connectivity index (χ0) is 16.3. The van der Waals surface area contributed by atoms with Crippen molar-refractivity contribution in [1.29, 1.82) is 0 Å². The zero-order valence-electron chi connectivity index (χ0n) is 12.4. The number of rotatable bonds is 5. The Morgan fingerprint density at radius 3 is 2.36 bits per heavy atom. The molecule has 0 saturated carbocycles. The number of furan rings is 1. The Bertz CT molecular complexity index is 690. The molecule has 0 fully saturated rings. The molecule has 1 heterocycles. The van der Waals surface area contributed by atoms with Crippen LogP contribution in [0, 0.1) is 5.82 Å². The third-order valence-corrected chi connectivity index (χ3v) is 3.46. The molecule has 0 aliphatic rings. The largest absolute Gasteiger partial charge is 0.454 e. The first-order valence-corrected chi connectivity index (χ1v) is 6.73. The van der Waals surface area contributed by atoms with E-state index in [0.717, 1.165) is 0 Å². The number of carbonyl (C=O) groups excluding carboxylic acids is 2. The molecule has 0 bridgehead atoms. The molecule has 2 aromatic rings. The van der Waals surface area contributed by atoms with Gasteiger partial charge in [0, 0.05) is 0 Å². The highest BCUT2D eigenvalue weighted by molar-refractivity contribution is 5.90. The fraction of sp³-hybridized carbons (Fsp3) is 0.250. The Hall–Kier alpha value is -2.63. The number of halogens is 1. The number of carbonyl (C=O) groups is 2. The van der Waals surface area contributed by atoms with Crippen LogP contribution in [-0.2, 0) is 16.8 Å². The van der Waals surface area contributed by atoms with Crippen molar-refractivity contribution in [2.75, 3.05) is 0 Å². The highest BCUT2D eigenvalue weighted by Crippen LogP contribution is 2.23. The summed E-state index contributed by atoms with van der Waals surface area (Å²) in [6, 6.07) is 8.81. The van der Waals surface area contributed by atoms with Crippen LogP contribution < -0.4 is 11.1 Å². The van der Waals surface area contributed by atoms with Crippen LogP contribution in [0.25, 0.3) is 0 Å². The molecular formula is C16H17FN2O3. The van der Waals surface area contributed by atoms with E-state index in [1.165, 1.54) is 18.2 Å². The SMILES string of the molecule is CC(C)(C(=O)NCc1ccc(C(N)=O)o1)c1ccc(F)cc1. The van der Waals surface area contributed by atoms with E-state index < -0.39 is 11.3 Å². The Balaban J connectivity index is 2.04. The van der Waals surface area contributed by atoms with Crippen molar-refractivity contribution < 1.29 is 18.4 Å². The number of benzene rings is 1. The quantitative estimate of drug-likeness (QED) is 0.887. The maximum atomic E-state index is 13.0. The van der Waals surface area contributed by atoms with Crippen molar-refractivity contribution in [3.05, 3.63) is 59.3 Å². The summed E-state index contributed by atoms with van der Waals surface area (Å²) in [6.07, 6.45) is 0. The highest BCUT2D eigenvalue weighted by Gasteiger charge is 2.29. The van der Waals surface area contributed by atoms with E-state index in [9.17, 15) is 14.0 Å². The van der Waals surface area contributed by atoms with E-state index in [0.29, 0.717) is 11.3 Å². The molecule has 0 aliphatic carbocycles. The van der Waals surface area contributed by atoms with E-state index in [1.807, 2.05) is 0 Å². The minimum Gasteiger partial charge on any atom is -0.454 e. The third-order valence-electron chi connectivity index (χ3n) is 3.46. The van der Waals surface area contributed by atoms with Gasteiger partial charge in [0.1, 0.15) is 11.6 Å². The van der Waals surface area contributed by atoms with Gasteiger partial charge in [0.15, 0.2) is 5.76 Å². The summed E-state index contributed by atoms with van der Waals surface area (Å²) >= 11 is 0. The first-order valence-electron chi connectivity index (χ1n) is 6.73. The monoisotopic (exact) mass is 304 g/mol. The van der Waals surface area contributed by atoms with Crippen LogP contribution in [0.5, 0.6) is 0 Å². The van der Waals surface area contributed by atoms with E-state index in [1.54, 1.807) is 32.0 Å². The Morgan fingerprint density at radius 2 is 1.82 bits per heavy atom. The van der Waals surface area contributed by atoms with E-state index in [4.69, 9.17) is 10.2 Å². The van der Waals surface area contributed by atoms with E-state index >= 15 is 0 Å². The zero-order valence-corrected chi connectivity index (χ0v) is 12.4. The molecule has 0 unspecified atom stereocenters. The lowest BCUT2D eigenvalue weighted by Crippen LogP contribution is -2.39. The van der Waals surface area contributed by atoms with Crippen LogP contribution in [0.15, 0.2) is 40.8 Å². The second-order valence-electron chi connectivity index (χ2n) is 5.44. The van der Waals surface area contributed by atoms with Gasteiger partial charge in [-0.25, -0.2) is 4.39 Å². The summed E-state index contributed by atoms with van der Waals surface area (Å²) in [5.74, 6) is -0.783. The summed E-state index contributed by atoms with van der Waals surface area (Å²) in [4.78, 5) is 23.3. The van der Waals surface area contributed by atoms with Gasteiger partial charge in [-0.3, -0.25) is 9.59 Å². The number of amides is 2. The van der Waals surface area contributed by atoms with Gasteiger partial charge in [-0.05, 0) is 43.7 Å². The van der Waals surface area contributed by atoms with Crippen molar-refractivity contribution >= 4 is 11.8 Å². The van der Waals surface area contributed by atoms with Crippen molar-refractivity contribution in [2.24, 2.45) is 5.73 Å². The predicted octanol–water partition coefficient (Wildman–Crippen LogP) is 2.11. The molecule has 3 N–H and O–H groups in total. The van der Waals surface area contributed by atoms with Gasteiger partial charge in [-0.15, -0.1) is 0 Å². The van der Waals surface area contributed by atoms with Crippen molar-refractivity contribution in [2.45, 2.75) is 25.8 Å². The van der Waals surface area contributed by atoms with Crippen LogP contribution >= 0.6 is 0 Å². The van der Waals surface area contributed by atoms with Crippen LogP contribution in [0.2, 0.25) is 0 Å². The molecular weight excluding hydrogens is 287 g/mol. The maximum absolute atomic E-state index is 13.0. The summed E-state index contributed by atoms with van der Waals surface area (Å²) in [5.41, 5.74) is 4.96.